The highest BCUT2D eigenvalue weighted by atomic mass is 16.2. The maximum atomic E-state index is 12.3. The largest absolute Gasteiger partial charge is 0.356 e. The van der Waals surface area contributed by atoms with Crippen LogP contribution in [0.25, 0.3) is 0 Å². The molecule has 0 aliphatic carbocycles. The zero-order valence-electron chi connectivity index (χ0n) is 26.0. The van der Waals surface area contributed by atoms with Gasteiger partial charge in [0.1, 0.15) is 0 Å². The minimum absolute atomic E-state index is 0.163. The number of quaternary nitrogens is 1. The fraction of sp³-hybridized carbons (Fsp3) is 0.906. The third-order valence-corrected chi connectivity index (χ3v) is 8.09. The highest BCUT2D eigenvalue weighted by Crippen LogP contribution is 2.15. The summed E-state index contributed by atoms with van der Waals surface area (Å²) in [5.41, 5.74) is 0. The summed E-state index contributed by atoms with van der Waals surface area (Å²) in [7, 11) is 2.21. The molecule has 0 spiro atoms. The second-order valence-electron chi connectivity index (χ2n) is 12.1. The summed E-state index contributed by atoms with van der Waals surface area (Å²) in [4.78, 5) is 38.8. The van der Waals surface area contributed by atoms with E-state index in [0.29, 0.717) is 32.4 Å². The van der Waals surface area contributed by atoms with Gasteiger partial charge in [0, 0.05) is 51.7 Å². The van der Waals surface area contributed by atoms with Crippen molar-refractivity contribution in [3.8, 4) is 0 Å². The summed E-state index contributed by atoms with van der Waals surface area (Å²) >= 11 is 0. The molecule has 1 heterocycles. The molecule has 228 valence electrons. The minimum atomic E-state index is 0.163. The van der Waals surface area contributed by atoms with Gasteiger partial charge >= 0.3 is 0 Å². The molecule has 39 heavy (non-hydrogen) atoms. The molecule has 3 amide bonds. The number of hydrogen-bond acceptors (Lipinski definition) is 3. The summed E-state index contributed by atoms with van der Waals surface area (Å²) in [6.07, 6.45) is 21.7. The lowest BCUT2D eigenvalue weighted by atomic mass is 10.1. The molecular weight excluding hydrogens is 488 g/mol. The normalized spacial score (nSPS) is 13.7. The van der Waals surface area contributed by atoms with Crippen molar-refractivity contribution in [2.45, 2.75) is 142 Å². The van der Waals surface area contributed by atoms with Crippen LogP contribution >= 0.6 is 0 Å². The number of likely N-dealkylation sites (tertiary alicyclic amines) is 1. The molecule has 7 heteroatoms. The second kappa shape index (κ2) is 23.1. The van der Waals surface area contributed by atoms with Crippen molar-refractivity contribution in [1.29, 1.82) is 0 Å². The van der Waals surface area contributed by atoms with Crippen LogP contribution in [0.1, 0.15) is 142 Å². The van der Waals surface area contributed by atoms with Gasteiger partial charge in [0.15, 0.2) is 6.67 Å². The van der Waals surface area contributed by atoms with Crippen LogP contribution < -0.4 is 10.6 Å². The Kier molecular flexibility index (Phi) is 21.0. The lowest BCUT2D eigenvalue weighted by Gasteiger charge is -2.38. The monoisotopic (exact) mass is 551 g/mol. The van der Waals surface area contributed by atoms with Crippen LogP contribution in [0.2, 0.25) is 0 Å². The zero-order chi connectivity index (χ0) is 28.6. The van der Waals surface area contributed by atoms with Gasteiger partial charge < -0.3 is 15.1 Å². The molecule has 1 aliphatic heterocycles. The minimum Gasteiger partial charge on any atom is -0.356 e. The molecule has 0 bridgehead atoms. The first kappa shape index (κ1) is 35.4. The third-order valence-electron chi connectivity index (χ3n) is 8.09. The Hall–Kier alpha value is -1.63. The summed E-state index contributed by atoms with van der Waals surface area (Å²) in [5, 5.41) is 6.21. The van der Waals surface area contributed by atoms with Crippen molar-refractivity contribution in [3.05, 3.63) is 0 Å². The van der Waals surface area contributed by atoms with Gasteiger partial charge in [-0.05, 0) is 19.3 Å². The number of hydrogen-bond donors (Lipinski definition) is 2. The van der Waals surface area contributed by atoms with Crippen molar-refractivity contribution >= 4 is 17.7 Å². The number of rotatable bonds is 26. The first-order chi connectivity index (χ1) is 18.9. The van der Waals surface area contributed by atoms with Crippen LogP contribution in [-0.4, -0.2) is 73.5 Å². The average Bonchev–Trinajstić information content (AvgIpc) is 3.31. The topological polar surface area (TPSA) is 78.5 Å². The fourth-order valence-electron chi connectivity index (χ4n) is 5.56. The summed E-state index contributed by atoms with van der Waals surface area (Å²) in [6, 6.07) is 0. The van der Waals surface area contributed by atoms with Crippen LogP contribution in [-0.2, 0) is 14.4 Å². The number of nitrogens with zero attached hydrogens (tertiary/aromatic N) is 2. The van der Waals surface area contributed by atoms with Crippen molar-refractivity contribution in [2.75, 3.05) is 46.4 Å². The Morgan fingerprint density at radius 1 is 0.692 bits per heavy atom. The van der Waals surface area contributed by atoms with E-state index in [1.165, 1.54) is 64.2 Å². The summed E-state index contributed by atoms with van der Waals surface area (Å²) < 4.78 is 0.771. The average molecular weight is 552 g/mol. The van der Waals surface area contributed by atoms with Gasteiger partial charge in [-0.15, -0.1) is 0 Å². The molecule has 1 rings (SSSR count). The molecule has 7 nitrogen and oxygen atoms in total. The van der Waals surface area contributed by atoms with Crippen LogP contribution in [0, 0.1) is 0 Å². The smallest absolute Gasteiger partial charge is 0.226 e. The molecule has 2 N–H and O–H groups in total. The number of carbonyl (C=O) groups excluding carboxylic acids is 3. The molecule has 1 saturated heterocycles. The molecule has 0 aromatic carbocycles. The zero-order valence-corrected chi connectivity index (χ0v) is 26.0. The molecule has 1 aliphatic rings. The van der Waals surface area contributed by atoms with Crippen LogP contribution in [0.15, 0.2) is 0 Å². The Bertz CT molecular complexity index is 617. The first-order valence-corrected chi connectivity index (χ1v) is 16.5. The van der Waals surface area contributed by atoms with E-state index in [-0.39, 0.29) is 17.7 Å². The van der Waals surface area contributed by atoms with Crippen molar-refractivity contribution in [1.82, 2.24) is 15.5 Å². The Balaban J connectivity index is 2.27. The lowest BCUT2D eigenvalue weighted by molar-refractivity contribution is -0.917. The maximum absolute atomic E-state index is 12.3. The molecule has 0 saturated carbocycles. The lowest BCUT2D eigenvalue weighted by Crippen LogP contribution is -2.53. The van der Waals surface area contributed by atoms with Gasteiger partial charge in [0.25, 0.3) is 0 Å². The van der Waals surface area contributed by atoms with E-state index in [9.17, 15) is 14.4 Å². The highest BCUT2D eigenvalue weighted by molar-refractivity contribution is 5.78. The van der Waals surface area contributed by atoms with Crippen molar-refractivity contribution < 1.29 is 18.9 Å². The number of unbranched alkanes of at least 4 members (excludes halogenated alkanes) is 12. The van der Waals surface area contributed by atoms with E-state index in [2.05, 4.69) is 31.5 Å². The van der Waals surface area contributed by atoms with E-state index in [1.54, 1.807) is 0 Å². The first-order valence-electron chi connectivity index (χ1n) is 16.5. The second-order valence-corrected chi connectivity index (χ2v) is 12.1. The van der Waals surface area contributed by atoms with Crippen LogP contribution in [0.4, 0.5) is 0 Å². The van der Waals surface area contributed by atoms with E-state index in [0.717, 1.165) is 75.7 Å². The predicted molar refractivity (Wildman–Crippen MR) is 162 cm³/mol. The van der Waals surface area contributed by atoms with Crippen LogP contribution in [0.5, 0.6) is 0 Å². The molecule has 1 fully saturated rings. The third kappa shape index (κ3) is 19.1. The SMILES string of the molecule is CCCCCCCCCC(=O)NCCC[N+](C)(CCCNC(=O)CCCCCCCCC)CN1CCCC1=O. The van der Waals surface area contributed by atoms with E-state index < -0.39 is 0 Å². The number of carbonyl (C=O) groups is 3. The Morgan fingerprint density at radius 3 is 1.54 bits per heavy atom. The van der Waals surface area contributed by atoms with Gasteiger partial charge in [-0.2, -0.15) is 0 Å². The van der Waals surface area contributed by atoms with Gasteiger partial charge in [-0.3, -0.25) is 19.3 Å². The molecule has 0 unspecified atom stereocenters. The molecular formula is C32H63N4O3+. The summed E-state index contributed by atoms with van der Waals surface area (Å²) in [6.45, 7) is 9.22. The van der Waals surface area contributed by atoms with Gasteiger partial charge in [-0.1, -0.05) is 90.9 Å². The summed E-state index contributed by atoms with van der Waals surface area (Å²) in [5.74, 6) is 0.581. The van der Waals surface area contributed by atoms with Gasteiger partial charge in [-0.25, -0.2) is 0 Å². The standard InChI is InChI=1S/C32H62N4O3/c1-4-6-8-10-12-14-16-21-30(37)33-24-19-27-36(3,29-35-26-18-23-32(35)39)28-20-25-34-31(38)22-17-15-13-11-9-7-5-2/h4-29H2,1-3H3,(H-,33,34,37,38)/p+1. The Morgan fingerprint density at radius 2 is 1.13 bits per heavy atom. The maximum Gasteiger partial charge on any atom is 0.226 e. The highest BCUT2D eigenvalue weighted by Gasteiger charge is 2.30. The molecule has 0 atom stereocenters. The Labute approximate surface area is 240 Å². The quantitative estimate of drug-likeness (QED) is 0.0977. The molecule has 0 radical (unpaired) electrons. The van der Waals surface area contributed by atoms with Crippen LogP contribution in [0.3, 0.4) is 0 Å². The number of amides is 3. The number of nitrogens with one attached hydrogen (secondary N) is 2. The van der Waals surface area contributed by atoms with Crippen molar-refractivity contribution in [2.24, 2.45) is 0 Å². The van der Waals surface area contributed by atoms with Gasteiger partial charge in [0.2, 0.25) is 17.7 Å². The fourth-order valence-corrected chi connectivity index (χ4v) is 5.56. The molecule has 0 aromatic rings. The van der Waals surface area contributed by atoms with Gasteiger partial charge in [0.05, 0.1) is 20.1 Å². The van der Waals surface area contributed by atoms with Crippen molar-refractivity contribution in [3.63, 3.8) is 0 Å². The van der Waals surface area contributed by atoms with E-state index in [4.69, 9.17) is 0 Å². The van der Waals surface area contributed by atoms with E-state index in [1.807, 2.05) is 4.90 Å². The van der Waals surface area contributed by atoms with E-state index >= 15 is 0 Å². The molecule has 0 aromatic heterocycles. The predicted octanol–water partition coefficient (Wildman–Crippen LogP) is 6.31.